The number of nitrogens with zero attached hydrogens (tertiary/aromatic N) is 1. The summed E-state index contributed by atoms with van der Waals surface area (Å²) in [5, 5.41) is 12.8. The zero-order chi connectivity index (χ0) is 11.7. The lowest BCUT2D eigenvalue weighted by Crippen LogP contribution is -2.47. The number of aromatic nitrogens is 1. The second-order valence-corrected chi connectivity index (χ2v) is 6.42. The van der Waals surface area contributed by atoms with E-state index in [1.54, 1.807) is 11.3 Å². The van der Waals surface area contributed by atoms with Gasteiger partial charge in [0.2, 0.25) is 0 Å². The summed E-state index contributed by atoms with van der Waals surface area (Å²) >= 11 is 1.75. The van der Waals surface area contributed by atoms with Crippen LogP contribution in [0.4, 0.5) is 0 Å². The third-order valence-corrected chi connectivity index (χ3v) is 4.89. The van der Waals surface area contributed by atoms with Crippen molar-refractivity contribution in [1.29, 1.82) is 0 Å². The van der Waals surface area contributed by atoms with E-state index in [-0.39, 0.29) is 12.0 Å². The molecule has 1 aliphatic carbocycles. The highest BCUT2D eigenvalue weighted by Gasteiger charge is 2.39. The zero-order valence-corrected chi connectivity index (χ0v) is 10.8. The van der Waals surface area contributed by atoms with Gasteiger partial charge in [0.25, 0.3) is 0 Å². The molecule has 2 heterocycles. The number of rotatable bonds is 4. The second kappa shape index (κ2) is 4.67. The van der Waals surface area contributed by atoms with E-state index in [2.05, 4.69) is 5.38 Å². The first-order valence-corrected chi connectivity index (χ1v) is 7.32. The zero-order valence-electron chi connectivity index (χ0n) is 10.0. The van der Waals surface area contributed by atoms with Crippen molar-refractivity contribution in [2.75, 3.05) is 19.8 Å². The molecule has 0 amide bonds. The van der Waals surface area contributed by atoms with Crippen LogP contribution in [-0.2, 0) is 11.2 Å². The lowest BCUT2D eigenvalue weighted by atomic mass is 9.84. The van der Waals surface area contributed by atoms with Gasteiger partial charge in [-0.15, -0.1) is 11.3 Å². The van der Waals surface area contributed by atoms with E-state index in [9.17, 15) is 5.11 Å². The highest BCUT2D eigenvalue weighted by Crippen LogP contribution is 2.36. The molecule has 1 aromatic rings. The van der Waals surface area contributed by atoms with Crippen molar-refractivity contribution in [2.24, 2.45) is 5.41 Å². The van der Waals surface area contributed by atoms with Gasteiger partial charge >= 0.3 is 0 Å². The van der Waals surface area contributed by atoms with Crippen molar-refractivity contribution in [2.45, 2.75) is 38.0 Å². The fourth-order valence-corrected chi connectivity index (χ4v) is 3.83. The molecule has 17 heavy (non-hydrogen) atoms. The van der Waals surface area contributed by atoms with Gasteiger partial charge in [-0.3, -0.25) is 0 Å². The summed E-state index contributed by atoms with van der Waals surface area (Å²) in [6.07, 6.45) is 6.19. The van der Waals surface area contributed by atoms with E-state index < -0.39 is 0 Å². The Morgan fingerprint density at radius 1 is 1.41 bits per heavy atom. The van der Waals surface area contributed by atoms with Crippen LogP contribution < -0.4 is 0 Å². The molecule has 4 heteroatoms. The number of hydrogen-bond acceptors (Lipinski definition) is 4. The van der Waals surface area contributed by atoms with Crippen LogP contribution in [0.15, 0.2) is 5.38 Å². The standard InChI is InChI=1S/C13H19NO2S/c15-7-13(8-16-9-13)5-12-14-11(6-17-12)10-3-1-2-4-10/h6,10,15H,1-5,7-9H2. The predicted octanol–water partition coefficient (Wildman–Crippen LogP) is 2.35. The topological polar surface area (TPSA) is 42.4 Å². The Labute approximate surface area is 106 Å². The molecule has 0 aromatic carbocycles. The van der Waals surface area contributed by atoms with Crippen molar-refractivity contribution >= 4 is 11.3 Å². The summed E-state index contributed by atoms with van der Waals surface area (Å²) in [5.74, 6) is 0.697. The lowest BCUT2D eigenvalue weighted by Gasteiger charge is -2.39. The van der Waals surface area contributed by atoms with Gasteiger partial charge in [-0.1, -0.05) is 12.8 Å². The normalized spacial score (nSPS) is 23.8. The van der Waals surface area contributed by atoms with Crippen molar-refractivity contribution < 1.29 is 9.84 Å². The number of ether oxygens (including phenoxy) is 1. The number of aliphatic hydroxyl groups excluding tert-OH is 1. The van der Waals surface area contributed by atoms with Crippen LogP contribution in [0.5, 0.6) is 0 Å². The minimum atomic E-state index is -0.0369. The largest absolute Gasteiger partial charge is 0.396 e. The Balaban J connectivity index is 1.67. The SMILES string of the molecule is OCC1(Cc2nc(C3CCCC3)cs2)COC1. The third kappa shape index (κ3) is 2.26. The average Bonchev–Trinajstić information content (AvgIpc) is 2.94. The molecule has 2 aliphatic rings. The van der Waals surface area contributed by atoms with Gasteiger partial charge in [0, 0.05) is 23.1 Å². The Morgan fingerprint density at radius 2 is 2.18 bits per heavy atom. The van der Waals surface area contributed by atoms with Gasteiger partial charge in [0.1, 0.15) is 0 Å². The van der Waals surface area contributed by atoms with Crippen LogP contribution in [0, 0.1) is 5.41 Å². The molecule has 3 nitrogen and oxygen atoms in total. The Hall–Kier alpha value is -0.450. The highest BCUT2D eigenvalue weighted by molar-refractivity contribution is 7.09. The molecule has 0 bridgehead atoms. The molecular formula is C13H19NO2S. The predicted molar refractivity (Wildman–Crippen MR) is 67.4 cm³/mol. The maximum absolute atomic E-state index is 9.41. The molecule has 1 saturated heterocycles. The van der Waals surface area contributed by atoms with E-state index in [0.29, 0.717) is 19.1 Å². The third-order valence-electron chi connectivity index (χ3n) is 4.02. The molecule has 1 N–H and O–H groups in total. The number of hydrogen-bond donors (Lipinski definition) is 1. The fourth-order valence-electron chi connectivity index (χ4n) is 2.78. The van der Waals surface area contributed by atoms with Crippen molar-refractivity contribution in [3.63, 3.8) is 0 Å². The summed E-state index contributed by atoms with van der Waals surface area (Å²) in [4.78, 5) is 4.76. The smallest absolute Gasteiger partial charge is 0.0936 e. The summed E-state index contributed by atoms with van der Waals surface area (Å²) < 4.78 is 5.22. The first-order chi connectivity index (χ1) is 8.31. The van der Waals surface area contributed by atoms with Gasteiger partial charge in [0.05, 0.1) is 30.5 Å². The molecule has 0 unspecified atom stereocenters. The van der Waals surface area contributed by atoms with E-state index in [4.69, 9.17) is 9.72 Å². The lowest BCUT2D eigenvalue weighted by molar-refractivity contribution is -0.136. The number of thiazole rings is 1. The van der Waals surface area contributed by atoms with Crippen molar-refractivity contribution in [1.82, 2.24) is 4.98 Å². The van der Waals surface area contributed by atoms with Gasteiger partial charge in [-0.05, 0) is 12.8 Å². The minimum Gasteiger partial charge on any atom is -0.396 e. The number of aliphatic hydroxyl groups is 1. The summed E-state index contributed by atoms with van der Waals surface area (Å²) in [7, 11) is 0. The Kier molecular flexibility index (Phi) is 3.19. The molecule has 0 spiro atoms. The van der Waals surface area contributed by atoms with Gasteiger partial charge in [-0.25, -0.2) is 4.98 Å². The maximum Gasteiger partial charge on any atom is 0.0936 e. The van der Waals surface area contributed by atoms with Crippen LogP contribution >= 0.6 is 11.3 Å². The van der Waals surface area contributed by atoms with E-state index in [1.807, 2.05) is 0 Å². The molecule has 1 aliphatic heterocycles. The van der Waals surface area contributed by atoms with E-state index in [1.165, 1.54) is 36.4 Å². The van der Waals surface area contributed by atoms with Crippen LogP contribution in [0.1, 0.15) is 42.3 Å². The summed E-state index contributed by atoms with van der Waals surface area (Å²) in [5.41, 5.74) is 1.25. The Morgan fingerprint density at radius 3 is 2.76 bits per heavy atom. The molecule has 2 fully saturated rings. The molecule has 0 atom stereocenters. The molecule has 0 radical (unpaired) electrons. The van der Waals surface area contributed by atoms with Crippen LogP contribution in [0.25, 0.3) is 0 Å². The molecule has 1 aromatic heterocycles. The maximum atomic E-state index is 9.41. The van der Waals surface area contributed by atoms with Gasteiger partial charge < -0.3 is 9.84 Å². The van der Waals surface area contributed by atoms with Gasteiger partial charge in [0.15, 0.2) is 0 Å². The molecule has 1 saturated carbocycles. The highest BCUT2D eigenvalue weighted by atomic mass is 32.1. The summed E-state index contributed by atoms with van der Waals surface area (Å²) in [6.45, 7) is 1.58. The second-order valence-electron chi connectivity index (χ2n) is 5.48. The van der Waals surface area contributed by atoms with Crippen LogP contribution in [0.2, 0.25) is 0 Å². The minimum absolute atomic E-state index is 0.0369. The van der Waals surface area contributed by atoms with Crippen LogP contribution in [-0.4, -0.2) is 29.9 Å². The molecular weight excluding hydrogens is 234 g/mol. The first kappa shape index (κ1) is 11.6. The van der Waals surface area contributed by atoms with Crippen molar-refractivity contribution in [3.8, 4) is 0 Å². The average molecular weight is 253 g/mol. The first-order valence-electron chi connectivity index (χ1n) is 6.44. The quantitative estimate of drug-likeness (QED) is 0.895. The molecule has 94 valence electrons. The van der Waals surface area contributed by atoms with Crippen LogP contribution in [0.3, 0.4) is 0 Å². The summed E-state index contributed by atoms with van der Waals surface area (Å²) in [6, 6.07) is 0. The van der Waals surface area contributed by atoms with Gasteiger partial charge in [-0.2, -0.15) is 0 Å². The van der Waals surface area contributed by atoms with E-state index >= 15 is 0 Å². The fraction of sp³-hybridized carbons (Fsp3) is 0.769. The molecule has 3 rings (SSSR count). The Bertz CT molecular complexity index is 375. The van der Waals surface area contributed by atoms with E-state index in [0.717, 1.165) is 6.42 Å². The monoisotopic (exact) mass is 253 g/mol. The van der Waals surface area contributed by atoms with Crippen molar-refractivity contribution in [3.05, 3.63) is 16.1 Å².